The molecule has 11 nitrogen and oxygen atoms in total. The molecule has 4 heterocycles. The Morgan fingerprint density at radius 1 is 0.776 bits per heavy atom. The van der Waals surface area contributed by atoms with Gasteiger partial charge in [-0.3, -0.25) is 24.5 Å². The highest BCUT2D eigenvalue weighted by molar-refractivity contribution is 5.72. The van der Waals surface area contributed by atoms with Crippen molar-refractivity contribution in [1.29, 1.82) is 0 Å². The molecule has 0 bridgehead atoms. The second-order valence-electron chi connectivity index (χ2n) is 11.8. The van der Waals surface area contributed by atoms with Crippen molar-refractivity contribution in [3.63, 3.8) is 0 Å². The van der Waals surface area contributed by atoms with Crippen LogP contribution in [0.2, 0.25) is 0 Å². The van der Waals surface area contributed by atoms with Crippen LogP contribution in [0.1, 0.15) is 47.5 Å². The predicted octanol–water partition coefficient (Wildman–Crippen LogP) is 6.30. The molecule has 0 atom stereocenters. The summed E-state index contributed by atoms with van der Waals surface area (Å²) in [6, 6.07) is 28.3. The van der Waals surface area contributed by atoms with E-state index in [0.717, 1.165) is 34.7 Å². The van der Waals surface area contributed by atoms with Gasteiger partial charge in [0.15, 0.2) is 5.60 Å². The van der Waals surface area contributed by atoms with Gasteiger partial charge >= 0.3 is 11.9 Å². The number of carbonyl (C=O) groups excluding carboxylic acids is 2. The molecular weight excluding hydrogens is 624 g/mol. The fourth-order valence-electron chi connectivity index (χ4n) is 6.24. The van der Waals surface area contributed by atoms with E-state index in [1.807, 2.05) is 73.1 Å². The fourth-order valence-corrected chi connectivity index (χ4v) is 6.24. The van der Waals surface area contributed by atoms with Gasteiger partial charge in [0.2, 0.25) is 0 Å². The predicted molar refractivity (Wildman–Crippen MR) is 179 cm³/mol. The average Bonchev–Trinajstić information content (AvgIpc) is 3.09. The standard InChI is InChI=1S/C38H34N4O7/c1-25(43)46-31-11-13-33-36(20-31)48-37-21-32(47-26(2)44)12-14-34(37)38(33)35-19-28(10-9-27(35)24-45-49-38)41-17-18-42(22-29-7-3-5-15-39-29)23-30-8-4-6-16-40-30/h3-16,19-21,41H,17-18,22-24H2,1-2H3. The van der Waals surface area contributed by atoms with Crippen molar-refractivity contribution in [3.05, 3.63) is 137 Å². The molecule has 2 aliphatic heterocycles. The molecule has 1 spiro atoms. The lowest BCUT2D eigenvalue weighted by Crippen LogP contribution is -2.39. The number of nitrogens with zero attached hydrogens (tertiary/aromatic N) is 3. The Morgan fingerprint density at radius 3 is 1.94 bits per heavy atom. The van der Waals surface area contributed by atoms with Crippen molar-refractivity contribution in [2.45, 2.75) is 39.1 Å². The van der Waals surface area contributed by atoms with Crippen LogP contribution < -0.4 is 19.5 Å². The Morgan fingerprint density at radius 2 is 1.39 bits per heavy atom. The zero-order chi connectivity index (χ0) is 33.8. The topological polar surface area (TPSA) is 121 Å². The van der Waals surface area contributed by atoms with E-state index < -0.39 is 17.5 Å². The first kappa shape index (κ1) is 32.0. The maximum Gasteiger partial charge on any atom is 0.308 e. The molecule has 11 heteroatoms. The molecule has 7 rings (SSSR count). The van der Waals surface area contributed by atoms with Crippen molar-refractivity contribution in [2.24, 2.45) is 0 Å². The van der Waals surface area contributed by atoms with Crippen molar-refractivity contribution in [2.75, 3.05) is 18.4 Å². The van der Waals surface area contributed by atoms with Gasteiger partial charge in [0.05, 0.1) is 11.4 Å². The number of hydrogen-bond donors (Lipinski definition) is 1. The van der Waals surface area contributed by atoms with Gasteiger partial charge in [0.1, 0.15) is 29.6 Å². The van der Waals surface area contributed by atoms with Crippen molar-refractivity contribution >= 4 is 17.6 Å². The van der Waals surface area contributed by atoms with E-state index in [1.165, 1.54) is 13.8 Å². The molecule has 0 amide bonds. The smallest absolute Gasteiger partial charge is 0.308 e. The van der Waals surface area contributed by atoms with Gasteiger partial charge in [-0.05, 0) is 66.2 Å². The van der Waals surface area contributed by atoms with Crippen LogP contribution in [0.5, 0.6) is 23.0 Å². The second-order valence-corrected chi connectivity index (χ2v) is 11.8. The highest BCUT2D eigenvalue weighted by atomic mass is 17.2. The molecule has 0 unspecified atom stereocenters. The number of ether oxygens (including phenoxy) is 3. The molecule has 2 aliphatic rings. The van der Waals surface area contributed by atoms with Crippen LogP contribution in [0.25, 0.3) is 0 Å². The lowest BCUT2D eigenvalue weighted by molar-refractivity contribution is -0.363. The second kappa shape index (κ2) is 13.9. The zero-order valence-electron chi connectivity index (χ0n) is 27.0. The molecule has 0 saturated heterocycles. The number of esters is 2. The first-order valence-electron chi connectivity index (χ1n) is 15.9. The van der Waals surface area contributed by atoms with Crippen molar-refractivity contribution < 1.29 is 33.6 Å². The van der Waals surface area contributed by atoms with E-state index >= 15 is 0 Å². The number of fused-ring (bicyclic) bond motifs is 6. The minimum Gasteiger partial charge on any atom is -0.456 e. The van der Waals surface area contributed by atoms with E-state index in [4.69, 9.17) is 24.0 Å². The third-order valence-electron chi connectivity index (χ3n) is 8.28. The Bertz CT molecular complexity index is 1880. The molecule has 1 N–H and O–H groups in total. The molecule has 0 fully saturated rings. The monoisotopic (exact) mass is 658 g/mol. The summed E-state index contributed by atoms with van der Waals surface area (Å²) in [5, 5.41) is 3.60. The maximum absolute atomic E-state index is 11.8. The van der Waals surface area contributed by atoms with Gasteiger partial charge in [-0.1, -0.05) is 18.2 Å². The molecule has 3 aromatic carbocycles. The van der Waals surface area contributed by atoms with Crippen LogP contribution >= 0.6 is 0 Å². The van der Waals surface area contributed by atoms with Crippen LogP contribution in [0, 0.1) is 0 Å². The molecule has 248 valence electrons. The first-order valence-corrected chi connectivity index (χ1v) is 15.9. The number of rotatable bonds is 10. The summed E-state index contributed by atoms with van der Waals surface area (Å²) in [5.41, 5.74) is 4.71. The van der Waals surface area contributed by atoms with E-state index in [9.17, 15) is 9.59 Å². The van der Waals surface area contributed by atoms with Crippen LogP contribution in [0.4, 0.5) is 5.69 Å². The van der Waals surface area contributed by atoms with Crippen LogP contribution in [0.15, 0.2) is 103 Å². The van der Waals surface area contributed by atoms with Gasteiger partial charge in [0, 0.05) is 86.9 Å². The number of benzene rings is 3. The number of pyridine rings is 2. The van der Waals surface area contributed by atoms with Crippen LogP contribution in [0.3, 0.4) is 0 Å². The third kappa shape index (κ3) is 6.86. The number of hydrogen-bond acceptors (Lipinski definition) is 11. The molecular formula is C38H34N4O7. The summed E-state index contributed by atoms with van der Waals surface area (Å²) < 4.78 is 17.1. The number of nitrogens with one attached hydrogen (secondary N) is 1. The maximum atomic E-state index is 11.8. The van der Waals surface area contributed by atoms with Crippen molar-refractivity contribution in [3.8, 4) is 23.0 Å². The molecule has 5 aromatic rings. The van der Waals surface area contributed by atoms with Gasteiger partial charge in [0.25, 0.3) is 0 Å². The van der Waals surface area contributed by atoms with E-state index in [2.05, 4.69) is 26.3 Å². The first-order chi connectivity index (χ1) is 23.9. The summed E-state index contributed by atoms with van der Waals surface area (Å²) in [4.78, 5) is 47.0. The summed E-state index contributed by atoms with van der Waals surface area (Å²) in [5.74, 6) is 0.519. The summed E-state index contributed by atoms with van der Waals surface area (Å²) >= 11 is 0. The van der Waals surface area contributed by atoms with Crippen LogP contribution in [-0.4, -0.2) is 39.9 Å². The fraction of sp³-hybridized carbons (Fsp3) is 0.211. The average molecular weight is 659 g/mol. The van der Waals surface area contributed by atoms with Gasteiger partial charge in [-0.2, -0.15) is 0 Å². The zero-order valence-corrected chi connectivity index (χ0v) is 27.0. The highest BCUT2D eigenvalue weighted by Crippen LogP contribution is 2.56. The lowest BCUT2D eigenvalue weighted by atomic mass is 9.75. The Labute approximate surface area is 283 Å². The summed E-state index contributed by atoms with van der Waals surface area (Å²) in [6.45, 7) is 5.64. The molecule has 49 heavy (non-hydrogen) atoms. The summed E-state index contributed by atoms with van der Waals surface area (Å²) in [6.07, 6.45) is 3.62. The van der Waals surface area contributed by atoms with E-state index in [-0.39, 0.29) is 6.61 Å². The Hall–Kier alpha value is -5.62. The van der Waals surface area contributed by atoms with Gasteiger partial charge in [-0.15, -0.1) is 0 Å². The van der Waals surface area contributed by atoms with E-state index in [1.54, 1.807) is 24.3 Å². The van der Waals surface area contributed by atoms with E-state index in [0.29, 0.717) is 53.8 Å². The quantitative estimate of drug-likeness (QED) is 0.103. The van der Waals surface area contributed by atoms with Gasteiger partial charge in [-0.25, -0.2) is 9.78 Å². The number of anilines is 1. The summed E-state index contributed by atoms with van der Waals surface area (Å²) in [7, 11) is 0. The third-order valence-corrected chi connectivity index (χ3v) is 8.28. The lowest BCUT2D eigenvalue weighted by Gasteiger charge is -2.42. The van der Waals surface area contributed by atoms with Crippen LogP contribution in [-0.2, 0) is 44.7 Å². The normalized spacial score (nSPS) is 13.9. The van der Waals surface area contributed by atoms with Gasteiger partial charge < -0.3 is 19.5 Å². The van der Waals surface area contributed by atoms with Crippen molar-refractivity contribution in [1.82, 2.24) is 14.9 Å². The minimum atomic E-state index is -1.25. The number of carbonyl (C=O) groups is 2. The minimum absolute atomic E-state index is 0.238. The highest BCUT2D eigenvalue weighted by Gasteiger charge is 2.50. The molecule has 0 saturated carbocycles. The Kier molecular flexibility index (Phi) is 9.03. The largest absolute Gasteiger partial charge is 0.456 e. The molecule has 0 aliphatic carbocycles. The molecule has 0 radical (unpaired) electrons. The molecule has 2 aromatic heterocycles. The number of aromatic nitrogens is 2. The SMILES string of the molecule is CC(=O)Oc1ccc2c(c1)Oc1cc(OC(C)=O)ccc1C21OOCc2ccc(NCCN(Cc3ccccn3)Cc3ccccn3)cc21. The Balaban J connectivity index is 1.21.